The van der Waals surface area contributed by atoms with Gasteiger partial charge in [0.05, 0.1) is 22.8 Å². The van der Waals surface area contributed by atoms with E-state index in [9.17, 15) is 0 Å². The Morgan fingerprint density at radius 1 is 1.29 bits per heavy atom. The van der Waals surface area contributed by atoms with Gasteiger partial charge in [-0.15, -0.1) is 0 Å². The number of rotatable bonds is 2. The molecule has 0 saturated heterocycles. The van der Waals surface area contributed by atoms with Gasteiger partial charge < -0.3 is 11.1 Å². The van der Waals surface area contributed by atoms with Gasteiger partial charge in [0.1, 0.15) is 0 Å². The van der Waals surface area contributed by atoms with Crippen molar-refractivity contribution >= 4 is 28.8 Å². The molecule has 0 aromatic carbocycles. The molecule has 90 valence electrons. The molecule has 0 aliphatic heterocycles. The van der Waals surface area contributed by atoms with Crippen molar-refractivity contribution < 1.29 is 0 Å². The summed E-state index contributed by atoms with van der Waals surface area (Å²) in [6.07, 6.45) is 1.85. The number of nitrogens with one attached hydrogen (secondary N) is 1. The molecule has 0 bridgehead atoms. The Hall–Kier alpha value is -1.82. The third kappa shape index (κ3) is 2.31. The average Bonchev–Trinajstić information content (AvgIpc) is 2.53. The zero-order valence-corrected chi connectivity index (χ0v) is 10.6. The van der Waals surface area contributed by atoms with Crippen LogP contribution < -0.4 is 11.1 Å². The quantitative estimate of drug-likeness (QED) is 0.797. The lowest BCUT2D eigenvalue weighted by Gasteiger charge is -2.08. The number of aryl methyl sites for hydroxylation is 3. The van der Waals surface area contributed by atoms with Crippen LogP contribution in [0.3, 0.4) is 0 Å². The molecule has 0 fully saturated rings. The lowest BCUT2D eigenvalue weighted by atomic mass is 10.3. The van der Waals surface area contributed by atoms with Crippen molar-refractivity contribution in [2.45, 2.75) is 13.8 Å². The van der Waals surface area contributed by atoms with Crippen LogP contribution in [0.2, 0.25) is 5.28 Å². The summed E-state index contributed by atoms with van der Waals surface area (Å²) in [6.45, 7) is 3.68. The van der Waals surface area contributed by atoms with Gasteiger partial charge in [-0.3, -0.25) is 4.68 Å². The SMILES string of the molecule is Cc1nn(C)cc1Nc1nc(Cl)nc(C)c1N. The fraction of sp³-hybridized carbons (Fsp3) is 0.300. The lowest BCUT2D eigenvalue weighted by Crippen LogP contribution is -2.04. The van der Waals surface area contributed by atoms with Gasteiger partial charge in [0.25, 0.3) is 0 Å². The predicted octanol–water partition coefficient (Wildman–Crippen LogP) is 1.81. The highest BCUT2D eigenvalue weighted by molar-refractivity contribution is 6.28. The molecule has 6 nitrogen and oxygen atoms in total. The van der Waals surface area contributed by atoms with Crippen molar-refractivity contribution in [1.29, 1.82) is 0 Å². The summed E-state index contributed by atoms with van der Waals surface area (Å²) < 4.78 is 1.71. The zero-order valence-electron chi connectivity index (χ0n) is 9.82. The summed E-state index contributed by atoms with van der Waals surface area (Å²) in [5.74, 6) is 0.499. The molecule has 0 saturated carbocycles. The third-order valence-electron chi connectivity index (χ3n) is 2.38. The second-order valence-corrected chi connectivity index (χ2v) is 4.11. The summed E-state index contributed by atoms with van der Waals surface area (Å²) >= 11 is 5.79. The van der Waals surface area contributed by atoms with Crippen molar-refractivity contribution in [3.63, 3.8) is 0 Å². The smallest absolute Gasteiger partial charge is 0.224 e. The summed E-state index contributed by atoms with van der Waals surface area (Å²) in [5, 5.41) is 7.49. The molecule has 7 heteroatoms. The molecular formula is C10H13ClN6. The molecule has 3 N–H and O–H groups in total. The molecule has 0 aliphatic rings. The maximum atomic E-state index is 5.88. The normalized spacial score (nSPS) is 10.6. The Labute approximate surface area is 104 Å². The Kier molecular flexibility index (Phi) is 2.89. The third-order valence-corrected chi connectivity index (χ3v) is 2.54. The number of hydrogen-bond acceptors (Lipinski definition) is 5. The predicted molar refractivity (Wildman–Crippen MR) is 67.4 cm³/mol. The second-order valence-electron chi connectivity index (χ2n) is 3.77. The van der Waals surface area contributed by atoms with Crippen molar-refractivity contribution in [3.8, 4) is 0 Å². The zero-order chi connectivity index (χ0) is 12.6. The van der Waals surface area contributed by atoms with Crippen LogP contribution in [-0.4, -0.2) is 19.7 Å². The largest absolute Gasteiger partial charge is 0.394 e. The lowest BCUT2D eigenvalue weighted by molar-refractivity contribution is 0.756. The van der Waals surface area contributed by atoms with Gasteiger partial charge >= 0.3 is 0 Å². The van der Waals surface area contributed by atoms with E-state index in [2.05, 4.69) is 20.4 Å². The van der Waals surface area contributed by atoms with Gasteiger partial charge in [-0.2, -0.15) is 10.1 Å². The number of nitrogens with two attached hydrogens (primary N) is 1. The molecule has 0 unspecified atom stereocenters. The Balaban J connectivity index is 2.39. The number of nitrogens with zero attached hydrogens (tertiary/aromatic N) is 4. The van der Waals surface area contributed by atoms with E-state index in [1.54, 1.807) is 11.6 Å². The van der Waals surface area contributed by atoms with Crippen LogP contribution in [0, 0.1) is 13.8 Å². The van der Waals surface area contributed by atoms with Crippen LogP contribution in [0.5, 0.6) is 0 Å². The first-order valence-electron chi connectivity index (χ1n) is 5.04. The van der Waals surface area contributed by atoms with E-state index in [1.807, 2.05) is 20.2 Å². The van der Waals surface area contributed by atoms with E-state index in [-0.39, 0.29) is 5.28 Å². The molecule has 0 amide bonds. The van der Waals surface area contributed by atoms with E-state index in [0.717, 1.165) is 11.4 Å². The number of anilines is 3. The number of hydrogen-bond donors (Lipinski definition) is 2. The van der Waals surface area contributed by atoms with E-state index in [0.29, 0.717) is 17.2 Å². The Bertz CT molecular complexity index is 562. The monoisotopic (exact) mass is 252 g/mol. The minimum atomic E-state index is 0.167. The van der Waals surface area contributed by atoms with Crippen LogP contribution in [0.15, 0.2) is 6.20 Å². The number of halogens is 1. The second kappa shape index (κ2) is 4.21. The van der Waals surface area contributed by atoms with Gasteiger partial charge in [0.2, 0.25) is 5.28 Å². The maximum Gasteiger partial charge on any atom is 0.224 e. The van der Waals surface area contributed by atoms with Crippen LogP contribution >= 0.6 is 11.6 Å². The molecule has 2 rings (SSSR count). The molecule has 0 atom stereocenters. The van der Waals surface area contributed by atoms with E-state index in [1.165, 1.54) is 0 Å². The molecule has 2 aromatic heterocycles. The highest BCUT2D eigenvalue weighted by Crippen LogP contribution is 2.25. The summed E-state index contributed by atoms with van der Waals surface area (Å²) in [6, 6.07) is 0. The van der Waals surface area contributed by atoms with Crippen molar-refractivity contribution in [3.05, 3.63) is 22.9 Å². The average molecular weight is 253 g/mol. The van der Waals surface area contributed by atoms with Gasteiger partial charge in [-0.25, -0.2) is 4.98 Å². The molecule has 17 heavy (non-hydrogen) atoms. The summed E-state index contributed by atoms with van der Waals surface area (Å²) in [4.78, 5) is 8.03. The van der Waals surface area contributed by atoms with E-state index in [4.69, 9.17) is 17.3 Å². The highest BCUT2D eigenvalue weighted by atomic mass is 35.5. The van der Waals surface area contributed by atoms with Gasteiger partial charge in [-0.05, 0) is 25.4 Å². The maximum absolute atomic E-state index is 5.88. The van der Waals surface area contributed by atoms with Crippen LogP contribution in [0.4, 0.5) is 17.2 Å². The first-order chi connectivity index (χ1) is 7.97. The number of nitrogen functional groups attached to an aromatic ring is 1. The minimum Gasteiger partial charge on any atom is -0.394 e. The fourth-order valence-electron chi connectivity index (χ4n) is 1.49. The minimum absolute atomic E-state index is 0.167. The van der Waals surface area contributed by atoms with Crippen molar-refractivity contribution in [2.24, 2.45) is 7.05 Å². The topological polar surface area (TPSA) is 81.7 Å². The van der Waals surface area contributed by atoms with Crippen molar-refractivity contribution in [1.82, 2.24) is 19.7 Å². The number of aromatic nitrogens is 4. The molecule has 2 aromatic rings. The van der Waals surface area contributed by atoms with Gasteiger partial charge in [0.15, 0.2) is 5.82 Å². The van der Waals surface area contributed by atoms with Gasteiger partial charge in [-0.1, -0.05) is 0 Å². The molecule has 0 spiro atoms. The van der Waals surface area contributed by atoms with Gasteiger partial charge in [0, 0.05) is 13.2 Å². The molecule has 0 aliphatic carbocycles. The molecular weight excluding hydrogens is 240 g/mol. The summed E-state index contributed by atoms with van der Waals surface area (Å²) in [7, 11) is 1.85. The van der Waals surface area contributed by atoms with Crippen LogP contribution in [-0.2, 0) is 7.05 Å². The Morgan fingerprint density at radius 2 is 2.00 bits per heavy atom. The van der Waals surface area contributed by atoms with Crippen LogP contribution in [0.25, 0.3) is 0 Å². The van der Waals surface area contributed by atoms with Crippen LogP contribution in [0.1, 0.15) is 11.4 Å². The van der Waals surface area contributed by atoms with E-state index >= 15 is 0 Å². The summed E-state index contributed by atoms with van der Waals surface area (Å²) in [5.41, 5.74) is 8.72. The molecule has 0 radical (unpaired) electrons. The fourth-order valence-corrected chi connectivity index (χ4v) is 1.70. The Morgan fingerprint density at radius 3 is 2.59 bits per heavy atom. The van der Waals surface area contributed by atoms with Crippen molar-refractivity contribution in [2.75, 3.05) is 11.1 Å². The van der Waals surface area contributed by atoms with E-state index < -0.39 is 0 Å². The first-order valence-corrected chi connectivity index (χ1v) is 5.42. The highest BCUT2D eigenvalue weighted by Gasteiger charge is 2.10. The first kappa shape index (κ1) is 11.7. The molecule has 2 heterocycles. The standard InChI is InChI=1S/C10H13ClN6/c1-5-7(4-17(3)16-5)14-9-8(12)6(2)13-10(11)15-9/h4H,12H2,1-3H3,(H,13,14,15).